The molecule has 0 atom stereocenters. The lowest BCUT2D eigenvalue weighted by atomic mass is 10.2. The van der Waals surface area contributed by atoms with Crippen LogP contribution in [-0.4, -0.2) is 29.7 Å². The molecule has 25 heavy (non-hydrogen) atoms. The van der Waals surface area contributed by atoms with Crippen molar-refractivity contribution in [3.8, 4) is 17.6 Å². The van der Waals surface area contributed by atoms with Gasteiger partial charge in [-0.05, 0) is 18.1 Å². The van der Waals surface area contributed by atoms with Gasteiger partial charge in [-0.25, -0.2) is 15.2 Å². The zero-order valence-corrected chi connectivity index (χ0v) is 14.3. The topological polar surface area (TPSA) is 100 Å². The van der Waals surface area contributed by atoms with E-state index in [0.717, 1.165) is 0 Å². The van der Waals surface area contributed by atoms with Crippen LogP contribution in [0.25, 0.3) is 0 Å². The van der Waals surface area contributed by atoms with Crippen molar-refractivity contribution in [1.29, 1.82) is 5.26 Å². The van der Waals surface area contributed by atoms with Gasteiger partial charge in [0, 0.05) is 18.8 Å². The molecule has 0 aliphatic heterocycles. The number of ether oxygens (including phenoxy) is 2. The first kappa shape index (κ1) is 18.0. The van der Waals surface area contributed by atoms with Crippen molar-refractivity contribution in [2.75, 3.05) is 18.7 Å². The van der Waals surface area contributed by atoms with Crippen LogP contribution in [0.4, 0.5) is 10.6 Å². The van der Waals surface area contributed by atoms with Gasteiger partial charge in [0.15, 0.2) is 17.3 Å². The normalized spacial score (nSPS) is 10.0. The highest BCUT2D eigenvalue weighted by molar-refractivity contribution is 5.73. The fraction of sp³-hybridized carbons (Fsp3) is 0.294. The first-order chi connectivity index (χ1) is 12.0. The number of anilines is 1. The van der Waals surface area contributed by atoms with Crippen LogP contribution >= 0.6 is 0 Å². The highest BCUT2D eigenvalue weighted by atomic mass is 16.6. The molecule has 0 radical (unpaired) electrons. The van der Waals surface area contributed by atoms with Crippen molar-refractivity contribution >= 4 is 11.9 Å². The Morgan fingerprint density at radius 2 is 2.04 bits per heavy atom. The number of nitrogens with zero attached hydrogens (tertiary/aromatic N) is 4. The first-order valence-electron chi connectivity index (χ1n) is 7.65. The fourth-order valence-electron chi connectivity index (χ4n) is 2.05. The number of carbonyl (C=O) groups is 1. The molecular weight excluding hydrogens is 322 g/mol. The van der Waals surface area contributed by atoms with Crippen LogP contribution < -0.4 is 19.9 Å². The maximum atomic E-state index is 12.3. The van der Waals surface area contributed by atoms with Crippen LogP contribution in [0.5, 0.6) is 11.5 Å². The van der Waals surface area contributed by atoms with Crippen LogP contribution in [0.3, 0.4) is 0 Å². The molecule has 0 bridgehead atoms. The Morgan fingerprint density at radius 1 is 1.32 bits per heavy atom. The molecule has 8 heteroatoms. The molecule has 0 aliphatic rings. The second-order valence-electron chi connectivity index (χ2n) is 5.51. The molecule has 2 aromatic rings. The minimum absolute atomic E-state index is 0.0196. The van der Waals surface area contributed by atoms with Crippen molar-refractivity contribution in [3.63, 3.8) is 0 Å². The van der Waals surface area contributed by atoms with Gasteiger partial charge in [0.05, 0.1) is 7.11 Å². The zero-order valence-electron chi connectivity index (χ0n) is 14.3. The van der Waals surface area contributed by atoms with Crippen LogP contribution in [0, 0.1) is 17.2 Å². The van der Waals surface area contributed by atoms with E-state index in [9.17, 15) is 4.79 Å². The molecular formula is C17H19N5O3. The lowest BCUT2D eigenvalue weighted by Gasteiger charge is -2.25. The number of hydrogen-bond acceptors (Lipinski definition) is 7. The van der Waals surface area contributed by atoms with E-state index in [1.54, 1.807) is 30.3 Å². The Bertz CT molecular complexity index is 773. The molecule has 1 aromatic carbocycles. The van der Waals surface area contributed by atoms with Crippen molar-refractivity contribution < 1.29 is 14.3 Å². The van der Waals surface area contributed by atoms with E-state index in [1.165, 1.54) is 18.3 Å². The fourth-order valence-corrected chi connectivity index (χ4v) is 2.05. The van der Waals surface area contributed by atoms with Crippen molar-refractivity contribution in [3.05, 3.63) is 42.4 Å². The van der Waals surface area contributed by atoms with Gasteiger partial charge in [-0.15, -0.1) is 0 Å². The van der Waals surface area contributed by atoms with Gasteiger partial charge < -0.3 is 9.47 Å². The van der Waals surface area contributed by atoms with Crippen LogP contribution in [0.1, 0.15) is 19.7 Å². The summed E-state index contributed by atoms with van der Waals surface area (Å²) in [6.07, 6.45) is 0.767. The molecule has 130 valence electrons. The summed E-state index contributed by atoms with van der Waals surface area (Å²) in [5.74, 6) is 1.39. The number of para-hydroxylation sites is 2. The van der Waals surface area contributed by atoms with Gasteiger partial charge in [-0.1, -0.05) is 26.0 Å². The predicted octanol–water partition coefficient (Wildman–Crippen LogP) is 2.52. The summed E-state index contributed by atoms with van der Waals surface area (Å²) < 4.78 is 10.5. The molecule has 1 amide bonds. The summed E-state index contributed by atoms with van der Waals surface area (Å²) in [6, 6.07) is 10.3. The van der Waals surface area contributed by atoms with Gasteiger partial charge in [0.25, 0.3) is 0 Å². The zero-order chi connectivity index (χ0) is 18.2. The largest absolute Gasteiger partial charge is 0.493 e. The summed E-state index contributed by atoms with van der Waals surface area (Å²) in [4.78, 5) is 20.2. The minimum Gasteiger partial charge on any atom is -0.493 e. The van der Waals surface area contributed by atoms with Gasteiger partial charge in [-0.2, -0.15) is 10.2 Å². The molecule has 1 aromatic heterocycles. The number of methoxy groups -OCH3 is 1. The van der Waals surface area contributed by atoms with E-state index < -0.39 is 6.09 Å². The Kier molecular flexibility index (Phi) is 6.12. The number of hydrazine groups is 1. The maximum absolute atomic E-state index is 12.3. The van der Waals surface area contributed by atoms with Crippen molar-refractivity contribution in [2.24, 2.45) is 5.92 Å². The molecule has 1 heterocycles. The van der Waals surface area contributed by atoms with Crippen molar-refractivity contribution in [1.82, 2.24) is 15.4 Å². The standard InChI is InChI=1S/C17H19N5O3/c1-12(2)11-22(16-8-9-19-15(10-18)20-16)21-17(23)25-14-7-5-4-6-13(14)24-3/h4-9,12H,11H2,1-3H3,(H,21,23). The summed E-state index contributed by atoms with van der Waals surface area (Å²) in [6.45, 7) is 4.46. The summed E-state index contributed by atoms with van der Waals surface area (Å²) in [5, 5.41) is 10.5. The molecule has 0 saturated carbocycles. The predicted molar refractivity (Wildman–Crippen MR) is 91.1 cm³/mol. The molecule has 1 N–H and O–H groups in total. The summed E-state index contributed by atoms with van der Waals surface area (Å²) in [5.41, 5.74) is 2.63. The number of carbonyl (C=O) groups excluding carboxylic acids is 1. The molecule has 0 unspecified atom stereocenters. The molecule has 0 aliphatic carbocycles. The third kappa shape index (κ3) is 5.07. The first-order valence-corrected chi connectivity index (χ1v) is 7.65. The number of amides is 1. The Hall–Kier alpha value is -3.34. The number of benzene rings is 1. The number of rotatable bonds is 6. The molecule has 0 fully saturated rings. The average Bonchev–Trinajstić information content (AvgIpc) is 2.61. The SMILES string of the molecule is COc1ccccc1OC(=O)NN(CC(C)C)c1ccnc(C#N)n1. The third-order valence-corrected chi connectivity index (χ3v) is 3.06. The third-order valence-electron chi connectivity index (χ3n) is 3.06. The lowest BCUT2D eigenvalue weighted by Crippen LogP contribution is -2.46. The monoisotopic (exact) mass is 341 g/mol. The van der Waals surface area contributed by atoms with Gasteiger partial charge in [0.2, 0.25) is 5.82 Å². The number of hydrogen-bond donors (Lipinski definition) is 1. The second kappa shape index (κ2) is 8.49. The van der Waals surface area contributed by atoms with E-state index in [0.29, 0.717) is 23.9 Å². The average molecular weight is 341 g/mol. The van der Waals surface area contributed by atoms with E-state index in [2.05, 4.69) is 15.4 Å². The van der Waals surface area contributed by atoms with Gasteiger partial charge in [0.1, 0.15) is 6.07 Å². The molecule has 8 nitrogen and oxygen atoms in total. The van der Waals surface area contributed by atoms with Gasteiger partial charge >= 0.3 is 6.09 Å². The van der Waals surface area contributed by atoms with E-state index in [4.69, 9.17) is 14.7 Å². The highest BCUT2D eigenvalue weighted by Gasteiger charge is 2.16. The molecule has 2 rings (SSSR count). The second-order valence-corrected chi connectivity index (χ2v) is 5.51. The Morgan fingerprint density at radius 3 is 2.68 bits per heavy atom. The maximum Gasteiger partial charge on any atom is 0.431 e. The summed E-state index contributed by atoms with van der Waals surface area (Å²) in [7, 11) is 1.50. The highest BCUT2D eigenvalue weighted by Crippen LogP contribution is 2.25. The van der Waals surface area contributed by atoms with E-state index >= 15 is 0 Å². The van der Waals surface area contributed by atoms with Crippen molar-refractivity contribution in [2.45, 2.75) is 13.8 Å². The number of aromatic nitrogens is 2. The van der Waals surface area contributed by atoms with E-state index in [1.807, 2.05) is 19.9 Å². The number of nitrogens with one attached hydrogen (secondary N) is 1. The quantitative estimate of drug-likeness (QED) is 0.806. The molecule has 0 saturated heterocycles. The van der Waals surface area contributed by atoms with Crippen LogP contribution in [0.15, 0.2) is 36.5 Å². The minimum atomic E-state index is -0.692. The molecule has 0 spiro atoms. The summed E-state index contributed by atoms with van der Waals surface area (Å²) >= 11 is 0. The van der Waals surface area contributed by atoms with Gasteiger partial charge in [-0.3, -0.25) is 5.01 Å². The Labute approximate surface area is 146 Å². The van der Waals surface area contributed by atoms with E-state index in [-0.39, 0.29) is 11.7 Å². The Balaban J connectivity index is 2.16. The number of nitriles is 1. The van der Waals surface area contributed by atoms with Crippen LogP contribution in [0.2, 0.25) is 0 Å². The lowest BCUT2D eigenvalue weighted by molar-refractivity contribution is 0.196. The smallest absolute Gasteiger partial charge is 0.431 e. The van der Waals surface area contributed by atoms with Crippen LogP contribution in [-0.2, 0) is 0 Å².